The molecule has 140 valence electrons. The average molecular weight is 388 g/mol. The first-order valence-corrected chi connectivity index (χ1v) is 10.6. The van der Waals surface area contributed by atoms with Gasteiger partial charge in [-0.25, -0.2) is 8.42 Å². The summed E-state index contributed by atoms with van der Waals surface area (Å²) in [5, 5.41) is 6.59. The summed E-state index contributed by atoms with van der Waals surface area (Å²) in [4.78, 5) is 14.8. The van der Waals surface area contributed by atoms with Crippen molar-refractivity contribution in [2.24, 2.45) is 0 Å². The Labute approximate surface area is 154 Å². The number of hydrogen-bond donors (Lipinski definition) is 2. The number of benzene rings is 1. The Kier molecular flexibility index (Phi) is 6.48. The molecule has 0 bridgehead atoms. The standard InChI is InChI=1S/C17H26ClN3O3S/c1-21(2)15(13-6-4-5-7-14(13)18)12-20-16(22)17(25(3,23)24)8-10-19-11-9-17/h4-7,15,19H,8-12H2,1-3H3,(H,20,22). The number of likely N-dealkylation sites (N-methyl/N-ethyl adjacent to an activating group) is 1. The first kappa shape index (κ1) is 20.2. The van der Waals surface area contributed by atoms with Crippen molar-refractivity contribution in [1.29, 1.82) is 0 Å². The van der Waals surface area contributed by atoms with Crippen molar-refractivity contribution in [2.45, 2.75) is 23.6 Å². The van der Waals surface area contributed by atoms with Crippen molar-refractivity contribution in [3.63, 3.8) is 0 Å². The van der Waals surface area contributed by atoms with E-state index in [1.807, 2.05) is 37.2 Å². The molecule has 2 rings (SSSR count). The normalized spacial score (nSPS) is 18.8. The summed E-state index contributed by atoms with van der Waals surface area (Å²) in [5.74, 6) is -0.421. The molecule has 8 heteroatoms. The van der Waals surface area contributed by atoms with Gasteiger partial charge in [0, 0.05) is 17.8 Å². The van der Waals surface area contributed by atoms with E-state index in [1.54, 1.807) is 6.07 Å². The minimum absolute atomic E-state index is 0.143. The number of piperidine rings is 1. The van der Waals surface area contributed by atoms with Crippen molar-refractivity contribution in [3.8, 4) is 0 Å². The molecule has 1 aromatic carbocycles. The van der Waals surface area contributed by atoms with Crippen LogP contribution in [-0.2, 0) is 14.6 Å². The predicted molar refractivity (Wildman–Crippen MR) is 101 cm³/mol. The van der Waals surface area contributed by atoms with E-state index >= 15 is 0 Å². The predicted octanol–water partition coefficient (Wildman–Crippen LogP) is 1.23. The molecule has 0 saturated carbocycles. The molecule has 0 spiro atoms. The Morgan fingerprint density at radius 2 is 1.92 bits per heavy atom. The monoisotopic (exact) mass is 387 g/mol. The fourth-order valence-corrected chi connectivity index (χ4v) is 4.88. The maximum atomic E-state index is 12.8. The minimum Gasteiger partial charge on any atom is -0.353 e. The number of hydrogen-bond acceptors (Lipinski definition) is 5. The second-order valence-corrected chi connectivity index (χ2v) is 9.46. The maximum Gasteiger partial charge on any atom is 0.241 e. The fourth-order valence-electron chi connectivity index (χ4n) is 3.26. The molecule has 1 saturated heterocycles. The second-order valence-electron chi connectivity index (χ2n) is 6.73. The molecule has 1 aliphatic heterocycles. The number of nitrogens with one attached hydrogen (secondary N) is 2. The maximum absolute atomic E-state index is 12.8. The zero-order valence-electron chi connectivity index (χ0n) is 14.9. The second kappa shape index (κ2) is 8.03. The summed E-state index contributed by atoms with van der Waals surface area (Å²) in [5.41, 5.74) is 0.896. The Morgan fingerprint density at radius 3 is 2.44 bits per heavy atom. The molecule has 0 aromatic heterocycles. The number of carbonyl (C=O) groups is 1. The van der Waals surface area contributed by atoms with Gasteiger partial charge in [0.15, 0.2) is 14.6 Å². The molecule has 1 unspecified atom stereocenters. The van der Waals surface area contributed by atoms with Gasteiger partial charge in [-0.1, -0.05) is 29.8 Å². The molecule has 0 radical (unpaired) electrons. The Morgan fingerprint density at radius 1 is 1.32 bits per heavy atom. The third kappa shape index (κ3) is 4.34. The van der Waals surface area contributed by atoms with E-state index in [2.05, 4.69) is 10.6 Å². The van der Waals surface area contributed by atoms with E-state index in [1.165, 1.54) is 0 Å². The molecule has 2 N–H and O–H groups in total. The lowest BCUT2D eigenvalue weighted by Crippen LogP contribution is -2.58. The van der Waals surface area contributed by atoms with Crippen molar-refractivity contribution in [2.75, 3.05) is 40.0 Å². The van der Waals surface area contributed by atoms with Crippen LogP contribution in [-0.4, -0.2) is 64.0 Å². The number of carbonyl (C=O) groups excluding carboxylic acids is 1. The van der Waals surface area contributed by atoms with Crippen LogP contribution in [0.15, 0.2) is 24.3 Å². The average Bonchev–Trinajstić information content (AvgIpc) is 2.55. The molecule has 25 heavy (non-hydrogen) atoms. The Hall–Kier alpha value is -1.15. The first-order chi connectivity index (χ1) is 11.7. The van der Waals surface area contributed by atoms with E-state index in [-0.39, 0.29) is 18.9 Å². The van der Waals surface area contributed by atoms with Crippen molar-refractivity contribution in [1.82, 2.24) is 15.5 Å². The van der Waals surface area contributed by atoms with Gasteiger partial charge in [-0.3, -0.25) is 4.79 Å². The minimum atomic E-state index is -3.52. The Bertz CT molecular complexity index is 716. The summed E-state index contributed by atoms with van der Waals surface area (Å²) in [6.45, 7) is 1.32. The number of halogens is 1. The highest BCUT2D eigenvalue weighted by Gasteiger charge is 2.48. The highest BCUT2D eigenvalue weighted by Crippen LogP contribution is 2.29. The number of amides is 1. The van der Waals surface area contributed by atoms with Crippen LogP contribution in [0.5, 0.6) is 0 Å². The topological polar surface area (TPSA) is 78.5 Å². The quantitative estimate of drug-likeness (QED) is 0.767. The Balaban J connectivity index is 2.19. The van der Waals surface area contributed by atoms with E-state index in [0.29, 0.717) is 24.7 Å². The number of nitrogens with zero attached hydrogens (tertiary/aromatic N) is 1. The molecular weight excluding hydrogens is 362 g/mol. The van der Waals surface area contributed by atoms with Crippen LogP contribution in [0.1, 0.15) is 24.4 Å². The van der Waals surface area contributed by atoms with Gasteiger partial charge in [-0.15, -0.1) is 0 Å². The van der Waals surface area contributed by atoms with E-state index in [4.69, 9.17) is 11.6 Å². The largest absolute Gasteiger partial charge is 0.353 e. The van der Waals surface area contributed by atoms with Crippen LogP contribution in [0.4, 0.5) is 0 Å². The lowest BCUT2D eigenvalue weighted by atomic mass is 9.95. The van der Waals surface area contributed by atoms with E-state index in [0.717, 1.165) is 11.8 Å². The van der Waals surface area contributed by atoms with Gasteiger partial charge in [-0.2, -0.15) is 0 Å². The van der Waals surface area contributed by atoms with Gasteiger partial charge in [0.1, 0.15) is 0 Å². The molecule has 0 aliphatic carbocycles. The van der Waals surface area contributed by atoms with E-state index in [9.17, 15) is 13.2 Å². The van der Waals surface area contributed by atoms with Crippen LogP contribution in [0, 0.1) is 0 Å². The first-order valence-electron chi connectivity index (χ1n) is 8.28. The van der Waals surface area contributed by atoms with Crippen molar-refractivity contribution in [3.05, 3.63) is 34.9 Å². The smallest absolute Gasteiger partial charge is 0.241 e. The van der Waals surface area contributed by atoms with Crippen LogP contribution in [0.25, 0.3) is 0 Å². The van der Waals surface area contributed by atoms with Gasteiger partial charge in [-0.05, 0) is 51.7 Å². The summed E-state index contributed by atoms with van der Waals surface area (Å²) in [6, 6.07) is 7.32. The fraction of sp³-hybridized carbons (Fsp3) is 0.588. The molecule has 1 amide bonds. The number of rotatable bonds is 6. The molecule has 1 atom stereocenters. The molecule has 1 heterocycles. The van der Waals surface area contributed by atoms with Crippen molar-refractivity contribution >= 4 is 27.3 Å². The third-order valence-electron chi connectivity index (χ3n) is 4.88. The van der Waals surface area contributed by atoms with Gasteiger partial charge in [0.25, 0.3) is 0 Å². The van der Waals surface area contributed by atoms with Crippen LogP contribution in [0.2, 0.25) is 5.02 Å². The van der Waals surface area contributed by atoms with Gasteiger partial charge >= 0.3 is 0 Å². The lowest BCUT2D eigenvalue weighted by Gasteiger charge is -2.35. The van der Waals surface area contributed by atoms with Crippen LogP contribution >= 0.6 is 11.6 Å². The van der Waals surface area contributed by atoms with Crippen LogP contribution < -0.4 is 10.6 Å². The number of sulfone groups is 1. The lowest BCUT2D eigenvalue weighted by molar-refractivity contribution is -0.124. The molecule has 1 aromatic rings. The zero-order valence-corrected chi connectivity index (χ0v) is 16.5. The third-order valence-corrected chi connectivity index (χ3v) is 7.24. The molecule has 1 aliphatic rings. The summed E-state index contributed by atoms with van der Waals surface area (Å²) in [6.07, 6.45) is 1.72. The van der Waals surface area contributed by atoms with Crippen LogP contribution in [0.3, 0.4) is 0 Å². The summed E-state index contributed by atoms with van der Waals surface area (Å²) < 4.78 is 23.3. The summed E-state index contributed by atoms with van der Waals surface area (Å²) >= 11 is 6.28. The highest BCUT2D eigenvalue weighted by atomic mass is 35.5. The molecule has 1 fully saturated rings. The molecule has 6 nitrogen and oxygen atoms in total. The highest BCUT2D eigenvalue weighted by molar-refractivity contribution is 7.92. The zero-order chi connectivity index (χ0) is 18.7. The van der Waals surface area contributed by atoms with E-state index < -0.39 is 20.5 Å². The van der Waals surface area contributed by atoms with Gasteiger partial charge < -0.3 is 15.5 Å². The summed E-state index contributed by atoms with van der Waals surface area (Å²) in [7, 11) is 0.280. The SMILES string of the molecule is CN(C)C(CNC(=O)C1(S(C)(=O)=O)CCNCC1)c1ccccc1Cl. The molecular formula is C17H26ClN3O3S. The van der Waals surface area contributed by atoms with Gasteiger partial charge in [0.2, 0.25) is 5.91 Å². The van der Waals surface area contributed by atoms with Gasteiger partial charge in [0.05, 0.1) is 6.04 Å². The van der Waals surface area contributed by atoms with Crippen molar-refractivity contribution < 1.29 is 13.2 Å².